The van der Waals surface area contributed by atoms with E-state index < -0.39 is 0 Å². The van der Waals surface area contributed by atoms with E-state index >= 15 is 0 Å². The highest BCUT2D eigenvalue weighted by Crippen LogP contribution is 2.27. The Morgan fingerprint density at radius 3 is 2.56 bits per heavy atom. The molecule has 0 aliphatic rings. The maximum absolute atomic E-state index is 11.5. The van der Waals surface area contributed by atoms with Gasteiger partial charge in [-0.05, 0) is 31.2 Å². The number of aromatic nitrogens is 2. The molecule has 25 heavy (non-hydrogen) atoms. The van der Waals surface area contributed by atoms with Crippen molar-refractivity contribution in [2.24, 2.45) is 0 Å². The minimum absolute atomic E-state index is 0.0643. The normalized spacial score (nSPS) is 11.8. The van der Waals surface area contributed by atoms with Crippen LogP contribution < -0.4 is 4.74 Å². The highest BCUT2D eigenvalue weighted by molar-refractivity contribution is 5.73. The van der Waals surface area contributed by atoms with Crippen LogP contribution in [-0.2, 0) is 4.79 Å². The van der Waals surface area contributed by atoms with E-state index in [2.05, 4.69) is 10.1 Å². The Balaban J connectivity index is 1.81. The van der Waals surface area contributed by atoms with Gasteiger partial charge in [0.15, 0.2) is 0 Å². The van der Waals surface area contributed by atoms with Crippen molar-refractivity contribution in [2.75, 3.05) is 7.05 Å². The molecule has 0 N–H and O–H groups in total. The van der Waals surface area contributed by atoms with Crippen LogP contribution >= 0.6 is 0 Å². The Labute approximate surface area is 146 Å². The molecule has 3 rings (SSSR count). The smallest absolute Gasteiger partial charge is 0.249 e. The molecule has 1 atom stereocenters. The molecule has 0 spiro atoms. The Morgan fingerprint density at radius 2 is 1.84 bits per heavy atom. The second-order valence-corrected chi connectivity index (χ2v) is 5.71. The number of carbonyl (C=O) groups excluding carboxylic acids is 1. The highest BCUT2D eigenvalue weighted by atomic mass is 16.5. The first kappa shape index (κ1) is 16.7. The van der Waals surface area contributed by atoms with Crippen LogP contribution in [0, 0.1) is 0 Å². The molecule has 1 aromatic heterocycles. The molecule has 1 unspecified atom stereocenters. The third kappa shape index (κ3) is 3.85. The average Bonchev–Trinajstić information content (AvgIpc) is 3.11. The quantitative estimate of drug-likeness (QED) is 0.702. The predicted molar refractivity (Wildman–Crippen MR) is 93.1 cm³/mol. The van der Waals surface area contributed by atoms with Crippen molar-refractivity contribution in [1.82, 2.24) is 15.0 Å². The van der Waals surface area contributed by atoms with Gasteiger partial charge in [0.05, 0.1) is 0 Å². The van der Waals surface area contributed by atoms with Gasteiger partial charge in [0.2, 0.25) is 17.6 Å². The van der Waals surface area contributed by atoms with Crippen LogP contribution in [0.25, 0.3) is 11.4 Å². The summed E-state index contributed by atoms with van der Waals surface area (Å²) in [5.41, 5.74) is 0.779. The SMILES string of the molecule is CC(=O)N(C)C(C)c1nc(-c2cccc(Oc3ccccc3)c2)no1. The molecule has 2 aromatic carbocycles. The highest BCUT2D eigenvalue weighted by Gasteiger charge is 2.21. The fourth-order valence-corrected chi connectivity index (χ4v) is 2.28. The van der Waals surface area contributed by atoms with Gasteiger partial charge in [0, 0.05) is 19.5 Å². The molecule has 128 valence electrons. The summed E-state index contributed by atoms with van der Waals surface area (Å²) in [6, 6.07) is 16.7. The summed E-state index contributed by atoms with van der Waals surface area (Å²) in [6.45, 7) is 3.34. The number of rotatable bonds is 5. The van der Waals surface area contributed by atoms with Crippen LogP contribution in [0.4, 0.5) is 0 Å². The Hall–Kier alpha value is -3.15. The lowest BCUT2D eigenvalue weighted by molar-refractivity contribution is -0.129. The van der Waals surface area contributed by atoms with E-state index in [9.17, 15) is 4.79 Å². The fourth-order valence-electron chi connectivity index (χ4n) is 2.28. The molecule has 0 bridgehead atoms. The summed E-state index contributed by atoms with van der Waals surface area (Å²) >= 11 is 0. The molecule has 3 aromatic rings. The van der Waals surface area contributed by atoms with Crippen LogP contribution in [-0.4, -0.2) is 28.0 Å². The zero-order chi connectivity index (χ0) is 17.8. The van der Waals surface area contributed by atoms with Crippen molar-refractivity contribution in [3.8, 4) is 22.9 Å². The topological polar surface area (TPSA) is 68.5 Å². The Kier molecular flexibility index (Phi) is 4.79. The van der Waals surface area contributed by atoms with Gasteiger partial charge < -0.3 is 14.2 Å². The molecule has 6 nitrogen and oxygen atoms in total. The minimum Gasteiger partial charge on any atom is -0.457 e. The summed E-state index contributed by atoms with van der Waals surface area (Å²) in [6.07, 6.45) is 0. The van der Waals surface area contributed by atoms with E-state index in [-0.39, 0.29) is 11.9 Å². The van der Waals surface area contributed by atoms with Crippen molar-refractivity contribution in [3.05, 3.63) is 60.5 Å². The van der Waals surface area contributed by atoms with Gasteiger partial charge >= 0.3 is 0 Å². The van der Waals surface area contributed by atoms with Crippen molar-refractivity contribution in [2.45, 2.75) is 19.9 Å². The lowest BCUT2D eigenvalue weighted by Gasteiger charge is -2.19. The van der Waals surface area contributed by atoms with Crippen molar-refractivity contribution >= 4 is 5.91 Å². The number of ether oxygens (including phenoxy) is 1. The molecule has 0 saturated carbocycles. The van der Waals surface area contributed by atoms with Gasteiger partial charge in [-0.1, -0.05) is 35.5 Å². The summed E-state index contributed by atoms with van der Waals surface area (Å²) in [4.78, 5) is 17.4. The zero-order valence-electron chi connectivity index (χ0n) is 14.3. The van der Waals surface area contributed by atoms with E-state index in [0.717, 1.165) is 11.3 Å². The molecular formula is C19H19N3O3. The van der Waals surface area contributed by atoms with Crippen LogP contribution in [0.2, 0.25) is 0 Å². The first-order chi connectivity index (χ1) is 12.0. The lowest BCUT2D eigenvalue weighted by Crippen LogP contribution is -2.27. The monoisotopic (exact) mass is 337 g/mol. The molecule has 6 heteroatoms. The number of amides is 1. The number of nitrogens with zero attached hydrogens (tertiary/aromatic N) is 3. The van der Waals surface area contributed by atoms with Gasteiger partial charge in [-0.25, -0.2) is 0 Å². The van der Waals surface area contributed by atoms with Crippen molar-refractivity contribution in [3.63, 3.8) is 0 Å². The van der Waals surface area contributed by atoms with Gasteiger partial charge in [-0.3, -0.25) is 4.79 Å². The average molecular weight is 337 g/mol. The zero-order valence-corrected chi connectivity index (χ0v) is 14.3. The molecule has 0 fully saturated rings. The van der Waals surface area contributed by atoms with Gasteiger partial charge in [0.1, 0.15) is 17.5 Å². The van der Waals surface area contributed by atoms with E-state index in [1.165, 1.54) is 6.92 Å². The Bertz CT molecular complexity index is 861. The van der Waals surface area contributed by atoms with Crippen LogP contribution in [0.5, 0.6) is 11.5 Å². The molecule has 0 radical (unpaired) electrons. The largest absolute Gasteiger partial charge is 0.457 e. The number of para-hydroxylation sites is 1. The second-order valence-electron chi connectivity index (χ2n) is 5.71. The van der Waals surface area contributed by atoms with E-state index in [0.29, 0.717) is 17.5 Å². The number of hydrogen-bond acceptors (Lipinski definition) is 5. The maximum atomic E-state index is 11.5. The standard InChI is InChI=1S/C19H19N3O3/c1-13(22(3)14(2)23)19-20-18(21-25-19)15-8-7-11-17(12-15)24-16-9-5-4-6-10-16/h4-13H,1-3H3. The molecular weight excluding hydrogens is 318 g/mol. The van der Waals surface area contributed by atoms with Gasteiger partial charge in [-0.15, -0.1) is 0 Å². The van der Waals surface area contributed by atoms with E-state index in [1.54, 1.807) is 11.9 Å². The summed E-state index contributed by atoms with van der Waals surface area (Å²) in [5.74, 6) is 2.22. The number of carbonyl (C=O) groups is 1. The minimum atomic E-state index is -0.289. The Morgan fingerprint density at radius 1 is 1.12 bits per heavy atom. The second kappa shape index (κ2) is 7.17. The summed E-state index contributed by atoms with van der Waals surface area (Å²) in [7, 11) is 1.70. The molecule has 0 saturated heterocycles. The fraction of sp³-hybridized carbons (Fsp3) is 0.211. The van der Waals surface area contributed by atoms with E-state index in [4.69, 9.17) is 9.26 Å². The van der Waals surface area contributed by atoms with Crippen molar-refractivity contribution < 1.29 is 14.1 Å². The van der Waals surface area contributed by atoms with Gasteiger partial charge in [-0.2, -0.15) is 4.98 Å². The van der Waals surface area contributed by atoms with Crippen molar-refractivity contribution in [1.29, 1.82) is 0 Å². The van der Waals surface area contributed by atoms with Crippen LogP contribution in [0.3, 0.4) is 0 Å². The lowest BCUT2D eigenvalue weighted by atomic mass is 10.2. The predicted octanol–water partition coefficient (Wildman–Crippen LogP) is 4.07. The molecule has 1 heterocycles. The first-order valence-corrected chi connectivity index (χ1v) is 7.95. The summed E-state index contributed by atoms with van der Waals surface area (Å²) < 4.78 is 11.1. The number of hydrogen-bond donors (Lipinski definition) is 0. The van der Waals surface area contributed by atoms with Gasteiger partial charge in [0.25, 0.3) is 0 Å². The third-order valence-corrected chi connectivity index (χ3v) is 3.95. The summed E-state index contributed by atoms with van der Waals surface area (Å²) in [5, 5.41) is 4.02. The first-order valence-electron chi connectivity index (χ1n) is 7.95. The van der Waals surface area contributed by atoms with Crippen LogP contribution in [0.1, 0.15) is 25.8 Å². The third-order valence-electron chi connectivity index (χ3n) is 3.95. The molecule has 0 aliphatic heterocycles. The molecule has 0 aliphatic carbocycles. The maximum Gasteiger partial charge on any atom is 0.249 e. The molecule has 1 amide bonds. The van der Waals surface area contributed by atoms with Crippen LogP contribution in [0.15, 0.2) is 59.1 Å². The van der Waals surface area contributed by atoms with E-state index in [1.807, 2.05) is 61.5 Å². The number of benzene rings is 2.